The SMILES string of the molecule is CCCCCCCCCCC(CCCCCCCCCC)(CN(C)C)C(CCCCCCCCCC)(CCCCCCCCCC)S(=O)(=O)O. The Labute approximate surface area is 316 Å². The van der Waals surface area contributed by atoms with Crippen LogP contribution in [0.25, 0.3) is 0 Å². The van der Waals surface area contributed by atoms with Gasteiger partial charge < -0.3 is 4.90 Å². The quantitative estimate of drug-likeness (QED) is 0.0504. The van der Waals surface area contributed by atoms with Crippen molar-refractivity contribution in [3.8, 4) is 0 Å². The van der Waals surface area contributed by atoms with Crippen molar-refractivity contribution in [2.45, 2.75) is 264 Å². The van der Waals surface area contributed by atoms with E-state index >= 15 is 0 Å². The van der Waals surface area contributed by atoms with Gasteiger partial charge in [-0.15, -0.1) is 0 Å². The third-order valence-electron chi connectivity index (χ3n) is 12.0. The van der Waals surface area contributed by atoms with Crippen molar-refractivity contribution in [2.24, 2.45) is 5.41 Å². The molecule has 0 unspecified atom stereocenters. The zero-order valence-electron chi connectivity index (χ0n) is 35.3. The van der Waals surface area contributed by atoms with E-state index in [9.17, 15) is 13.0 Å². The number of nitrogens with zero attached hydrogens (tertiary/aromatic N) is 1. The van der Waals surface area contributed by atoms with E-state index in [-0.39, 0.29) is 0 Å². The number of rotatable bonds is 40. The maximum absolute atomic E-state index is 14.2. The molecular formula is C45H93NO3S. The van der Waals surface area contributed by atoms with Crippen LogP contribution in [0.15, 0.2) is 0 Å². The summed E-state index contributed by atoms with van der Waals surface area (Å²) < 4.78 is 38.8. The van der Waals surface area contributed by atoms with Crippen molar-refractivity contribution in [2.75, 3.05) is 20.6 Å². The molecule has 4 nitrogen and oxygen atoms in total. The topological polar surface area (TPSA) is 57.6 Å². The van der Waals surface area contributed by atoms with Gasteiger partial charge in [0.2, 0.25) is 0 Å². The van der Waals surface area contributed by atoms with Crippen molar-refractivity contribution in [1.29, 1.82) is 0 Å². The lowest BCUT2D eigenvalue weighted by atomic mass is 9.64. The van der Waals surface area contributed by atoms with Crippen LogP contribution in [-0.2, 0) is 10.1 Å². The summed E-state index contributed by atoms with van der Waals surface area (Å²) in [5.74, 6) is 0. The second-order valence-corrected chi connectivity index (χ2v) is 18.6. The van der Waals surface area contributed by atoms with Crippen LogP contribution in [0.1, 0.15) is 259 Å². The highest BCUT2D eigenvalue weighted by molar-refractivity contribution is 7.87. The van der Waals surface area contributed by atoms with E-state index in [4.69, 9.17) is 0 Å². The van der Waals surface area contributed by atoms with Gasteiger partial charge in [0.15, 0.2) is 0 Å². The molecule has 302 valence electrons. The Hall–Kier alpha value is -0.130. The van der Waals surface area contributed by atoms with Crippen molar-refractivity contribution >= 4 is 10.1 Å². The molecule has 0 aliphatic rings. The van der Waals surface area contributed by atoms with Crippen LogP contribution in [0.2, 0.25) is 0 Å². The van der Waals surface area contributed by atoms with Crippen LogP contribution in [0.3, 0.4) is 0 Å². The van der Waals surface area contributed by atoms with Gasteiger partial charge in [-0.25, -0.2) is 0 Å². The van der Waals surface area contributed by atoms with Gasteiger partial charge in [-0.3, -0.25) is 4.55 Å². The molecule has 1 N–H and O–H groups in total. The first-order valence-electron chi connectivity index (χ1n) is 22.8. The summed E-state index contributed by atoms with van der Waals surface area (Å²) in [5.41, 5.74) is -0.420. The lowest BCUT2D eigenvalue weighted by Crippen LogP contribution is -2.58. The zero-order valence-corrected chi connectivity index (χ0v) is 36.1. The maximum atomic E-state index is 14.2. The van der Waals surface area contributed by atoms with E-state index < -0.39 is 20.3 Å². The van der Waals surface area contributed by atoms with E-state index in [0.717, 1.165) is 57.9 Å². The second kappa shape index (κ2) is 33.4. The van der Waals surface area contributed by atoms with Crippen molar-refractivity contribution in [3.63, 3.8) is 0 Å². The van der Waals surface area contributed by atoms with E-state index in [1.54, 1.807) is 0 Å². The number of hydrogen-bond donors (Lipinski definition) is 1. The fourth-order valence-electron chi connectivity index (χ4n) is 8.96. The van der Waals surface area contributed by atoms with Gasteiger partial charge >= 0.3 is 0 Å². The molecule has 0 bridgehead atoms. The summed E-state index contributed by atoms with van der Waals surface area (Å²) >= 11 is 0. The molecular weight excluding hydrogens is 635 g/mol. The molecule has 0 aromatic rings. The summed E-state index contributed by atoms with van der Waals surface area (Å²) in [6, 6.07) is 0. The summed E-state index contributed by atoms with van der Waals surface area (Å²) in [6.45, 7) is 9.85. The lowest BCUT2D eigenvalue weighted by molar-refractivity contribution is 0.0749. The fraction of sp³-hybridized carbons (Fsp3) is 1.00. The molecule has 0 fully saturated rings. The molecule has 0 atom stereocenters. The largest absolute Gasteiger partial charge is 0.309 e. The first-order chi connectivity index (χ1) is 24.2. The molecule has 0 heterocycles. The molecule has 0 saturated carbocycles. The Bertz CT molecular complexity index is 771. The highest BCUT2D eigenvalue weighted by Crippen LogP contribution is 2.52. The maximum Gasteiger partial charge on any atom is 0.271 e. The summed E-state index contributed by atoms with van der Waals surface area (Å²) in [5, 5.41) is 0. The average molecular weight is 728 g/mol. The summed E-state index contributed by atoms with van der Waals surface area (Å²) in [4.78, 5) is 2.26. The predicted octanol–water partition coefficient (Wildman–Crippen LogP) is 15.3. The Morgan fingerprint density at radius 1 is 0.380 bits per heavy atom. The third kappa shape index (κ3) is 23.5. The van der Waals surface area contributed by atoms with Crippen molar-refractivity contribution < 1.29 is 13.0 Å². The first kappa shape index (κ1) is 49.9. The molecule has 0 aliphatic carbocycles. The van der Waals surface area contributed by atoms with E-state index in [0.29, 0.717) is 12.8 Å². The monoisotopic (exact) mass is 728 g/mol. The molecule has 0 amide bonds. The molecule has 0 aromatic carbocycles. The van der Waals surface area contributed by atoms with Gasteiger partial charge in [0.05, 0.1) is 0 Å². The standard InChI is InChI=1S/C45H93NO3S/c1-7-11-15-19-23-27-31-35-39-44(43-46(5)6,40-36-32-28-24-20-16-12-8-2)45(50(47,48)49,41-37-33-29-25-21-17-13-9-3)42-38-34-30-26-22-18-14-10-4/h7-43H2,1-6H3,(H,47,48,49). The van der Waals surface area contributed by atoms with Crippen molar-refractivity contribution in [1.82, 2.24) is 4.90 Å². The molecule has 50 heavy (non-hydrogen) atoms. The third-order valence-corrected chi connectivity index (χ3v) is 13.8. The first-order valence-corrected chi connectivity index (χ1v) is 24.2. The lowest BCUT2D eigenvalue weighted by Gasteiger charge is -2.51. The van der Waals surface area contributed by atoms with Crippen LogP contribution in [0, 0.1) is 5.41 Å². The minimum atomic E-state index is -4.28. The molecule has 5 heteroatoms. The molecule has 0 aliphatic heterocycles. The Morgan fingerprint density at radius 2 is 0.600 bits per heavy atom. The number of unbranched alkanes of at least 4 members (excludes halogenated alkanes) is 28. The highest BCUT2D eigenvalue weighted by Gasteiger charge is 2.57. The predicted molar refractivity (Wildman–Crippen MR) is 224 cm³/mol. The normalized spacial score (nSPS) is 12.8. The van der Waals surface area contributed by atoms with E-state index in [1.165, 1.54) is 167 Å². The molecule has 0 spiro atoms. The molecule has 0 rings (SSSR count). The zero-order chi connectivity index (χ0) is 37.2. The van der Waals surface area contributed by atoms with Crippen LogP contribution < -0.4 is 0 Å². The van der Waals surface area contributed by atoms with Crippen LogP contribution in [0.5, 0.6) is 0 Å². The van der Waals surface area contributed by atoms with E-state index in [2.05, 4.69) is 46.7 Å². The van der Waals surface area contributed by atoms with Gasteiger partial charge in [0.25, 0.3) is 10.1 Å². The molecule has 0 saturated heterocycles. The number of hydrogen-bond acceptors (Lipinski definition) is 3. The van der Waals surface area contributed by atoms with Gasteiger partial charge in [0, 0.05) is 12.0 Å². The second-order valence-electron chi connectivity index (χ2n) is 16.9. The van der Waals surface area contributed by atoms with Crippen molar-refractivity contribution in [3.05, 3.63) is 0 Å². The summed E-state index contributed by atoms with van der Waals surface area (Å²) in [7, 11) is -0.00831. The van der Waals surface area contributed by atoms with E-state index in [1.807, 2.05) is 0 Å². The summed E-state index contributed by atoms with van der Waals surface area (Å²) in [6.07, 6.45) is 42.4. The highest BCUT2D eigenvalue weighted by atomic mass is 32.2. The van der Waals surface area contributed by atoms with Gasteiger partial charge in [-0.2, -0.15) is 8.42 Å². The van der Waals surface area contributed by atoms with Crippen LogP contribution in [0.4, 0.5) is 0 Å². The Balaban J connectivity index is 6.21. The fourth-order valence-corrected chi connectivity index (χ4v) is 10.6. The minimum Gasteiger partial charge on any atom is -0.309 e. The van der Waals surface area contributed by atoms with Gasteiger partial charge in [-0.1, -0.05) is 233 Å². The average Bonchev–Trinajstić information content (AvgIpc) is 3.07. The van der Waals surface area contributed by atoms with Gasteiger partial charge in [-0.05, 0) is 39.8 Å². The van der Waals surface area contributed by atoms with Gasteiger partial charge in [0.1, 0.15) is 4.75 Å². The smallest absolute Gasteiger partial charge is 0.271 e. The Kier molecular flexibility index (Phi) is 33.4. The minimum absolute atomic E-state index is 0.420. The Morgan fingerprint density at radius 3 is 0.820 bits per heavy atom. The molecule has 0 radical (unpaired) electrons. The van der Waals surface area contributed by atoms with Crippen LogP contribution in [-0.4, -0.2) is 43.3 Å². The van der Waals surface area contributed by atoms with Crippen LogP contribution >= 0.6 is 0 Å². The molecule has 0 aromatic heterocycles.